The minimum absolute atomic E-state index is 0.106. The van der Waals surface area contributed by atoms with Gasteiger partial charge in [0.1, 0.15) is 4.83 Å². The number of aromatic nitrogens is 2. The number of fused-ring (bicyclic) bond motifs is 3. The predicted octanol–water partition coefficient (Wildman–Crippen LogP) is 3.72. The normalized spacial score (nSPS) is 18.4. The summed E-state index contributed by atoms with van der Waals surface area (Å²) in [6, 6.07) is 0. The van der Waals surface area contributed by atoms with Gasteiger partial charge in [0.05, 0.1) is 17.1 Å². The van der Waals surface area contributed by atoms with Crippen LogP contribution in [0.1, 0.15) is 51.5 Å². The molecule has 0 saturated carbocycles. The fraction of sp³-hybridized carbons (Fsp3) is 0.632. The summed E-state index contributed by atoms with van der Waals surface area (Å²) in [5, 5.41) is 10.0. The Kier molecular flexibility index (Phi) is 4.30. The Morgan fingerprint density at radius 1 is 1.36 bits per heavy atom. The Morgan fingerprint density at radius 3 is 2.64 bits per heavy atom. The number of hydrogen-bond acceptors (Lipinski definition) is 4. The molecule has 0 spiro atoms. The van der Waals surface area contributed by atoms with Gasteiger partial charge >= 0.3 is 5.97 Å². The van der Waals surface area contributed by atoms with Crippen molar-refractivity contribution in [3.8, 4) is 0 Å². The fourth-order valence-electron chi connectivity index (χ4n) is 3.55. The maximum Gasteiger partial charge on any atom is 0.310 e. The highest BCUT2D eigenvalue weighted by atomic mass is 32.1. The topological polar surface area (TPSA) is 72.2 Å². The Bertz CT molecular complexity index is 886. The lowest BCUT2D eigenvalue weighted by atomic mass is 9.72. The van der Waals surface area contributed by atoms with Crippen LogP contribution >= 0.6 is 11.3 Å². The average Bonchev–Trinajstić information content (AvgIpc) is 2.87. The lowest BCUT2D eigenvalue weighted by Crippen LogP contribution is -2.34. The molecule has 1 unspecified atom stereocenters. The minimum atomic E-state index is -1.01. The quantitative estimate of drug-likeness (QED) is 0.903. The van der Waals surface area contributed by atoms with Gasteiger partial charge in [0.15, 0.2) is 0 Å². The molecule has 1 aliphatic rings. The second-order valence-corrected chi connectivity index (χ2v) is 9.94. The first kappa shape index (κ1) is 18.1. The van der Waals surface area contributed by atoms with Gasteiger partial charge in [-0.25, -0.2) is 4.98 Å². The van der Waals surface area contributed by atoms with Crippen molar-refractivity contribution in [2.45, 2.75) is 60.4 Å². The first-order valence-electron chi connectivity index (χ1n) is 8.74. The molecule has 0 aromatic carbocycles. The van der Waals surface area contributed by atoms with Crippen LogP contribution in [-0.2, 0) is 24.2 Å². The molecule has 6 heteroatoms. The van der Waals surface area contributed by atoms with Gasteiger partial charge in [0.25, 0.3) is 5.56 Å². The van der Waals surface area contributed by atoms with Crippen molar-refractivity contribution in [2.24, 2.45) is 16.7 Å². The lowest BCUT2D eigenvalue weighted by molar-refractivity contribution is -0.147. The molecule has 0 radical (unpaired) electrons. The Balaban J connectivity index is 2.04. The largest absolute Gasteiger partial charge is 0.481 e. The van der Waals surface area contributed by atoms with Gasteiger partial charge in [-0.2, -0.15) is 0 Å². The Labute approximate surface area is 151 Å². The molecule has 2 aromatic heterocycles. The third-order valence-corrected chi connectivity index (χ3v) is 6.57. The first-order valence-corrected chi connectivity index (χ1v) is 9.55. The zero-order valence-corrected chi connectivity index (χ0v) is 16.4. The van der Waals surface area contributed by atoms with E-state index in [0.29, 0.717) is 11.3 Å². The van der Waals surface area contributed by atoms with Crippen molar-refractivity contribution in [2.75, 3.05) is 0 Å². The van der Waals surface area contributed by atoms with Crippen LogP contribution < -0.4 is 5.56 Å². The van der Waals surface area contributed by atoms with Crippen molar-refractivity contribution in [1.82, 2.24) is 9.55 Å². The summed E-state index contributed by atoms with van der Waals surface area (Å²) in [4.78, 5) is 30.9. The smallest absolute Gasteiger partial charge is 0.310 e. The van der Waals surface area contributed by atoms with Crippen LogP contribution in [0.3, 0.4) is 0 Å². The van der Waals surface area contributed by atoms with Crippen LogP contribution in [0.4, 0.5) is 0 Å². The van der Waals surface area contributed by atoms with Gasteiger partial charge in [0, 0.05) is 11.4 Å². The molecule has 0 fully saturated rings. The molecule has 0 saturated heterocycles. The summed E-state index contributed by atoms with van der Waals surface area (Å²) in [6.07, 6.45) is 4.48. The highest BCUT2D eigenvalue weighted by Crippen LogP contribution is 2.41. The average molecular weight is 362 g/mol. The number of nitrogens with zero attached hydrogens (tertiary/aromatic N) is 2. The standard InChI is InChI=1S/C19H26N2O3S/c1-18(2,3)11-6-7-12-13(8-11)25-15-14(12)16(22)21(10-20-15)9-19(4,5)17(23)24/h10-11H,6-9H2,1-5H3,(H,23,24). The van der Waals surface area contributed by atoms with Crippen LogP contribution in [0.2, 0.25) is 0 Å². The fourth-order valence-corrected chi connectivity index (χ4v) is 4.80. The van der Waals surface area contributed by atoms with E-state index in [-0.39, 0.29) is 17.5 Å². The second kappa shape index (κ2) is 5.94. The lowest BCUT2D eigenvalue weighted by Gasteiger charge is -2.33. The second-order valence-electron chi connectivity index (χ2n) is 8.86. The summed E-state index contributed by atoms with van der Waals surface area (Å²) in [6.45, 7) is 10.2. The maximum absolute atomic E-state index is 13.0. The van der Waals surface area contributed by atoms with Crippen molar-refractivity contribution < 1.29 is 9.90 Å². The monoisotopic (exact) mass is 362 g/mol. The van der Waals surface area contributed by atoms with Crippen LogP contribution in [0.25, 0.3) is 10.2 Å². The van der Waals surface area contributed by atoms with Gasteiger partial charge in [-0.1, -0.05) is 20.8 Å². The molecular formula is C19H26N2O3S. The summed E-state index contributed by atoms with van der Waals surface area (Å²) >= 11 is 1.63. The van der Waals surface area contributed by atoms with Gasteiger partial charge in [-0.15, -0.1) is 11.3 Å². The third-order valence-electron chi connectivity index (χ3n) is 5.41. The van der Waals surface area contributed by atoms with E-state index in [1.54, 1.807) is 25.2 Å². The highest BCUT2D eigenvalue weighted by Gasteiger charge is 2.33. The zero-order chi connectivity index (χ0) is 18.6. The molecule has 136 valence electrons. The Morgan fingerprint density at radius 2 is 2.04 bits per heavy atom. The van der Waals surface area contributed by atoms with Gasteiger partial charge in [-0.05, 0) is 50.0 Å². The van der Waals surface area contributed by atoms with Gasteiger partial charge in [0.2, 0.25) is 0 Å². The number of aryl methyl sites for hydroxylation is 1. The number of rotatable bonds is 3. The Hall–Kier alpha value is -1.69. The molecule has 1 atom stereocenters. The molecular weight excluding hydrogens is 336 g/mol. The molecule has 3 rings (SSSR count). The molecule has 25 heavy (non-hydrogen) atoms. The van der Waals surface area contributed by atoms with Gasteiger partial charge in [-0.3, -0.25) is 14.2 Å². The first-order chi connectivity index (χ1) is 11.5. The van der Waals surface area contributed by atoms with E-state index in [4.69, 9.17) is 0 Å². The summed E-state index contributed by atoms with van der Waals surface area (Å²) in [5.41, 5.74) is 0.283. The third kappa shape index (κ3) is 3.24. The summed E-state index contributed by atoms with van der Waals surface area (Å²) in [5.74, 6) is -0.305. The van der Waals surface area contributed by atoms with E-state index >= 15 is 0 Å². The molecule has 0 aliphatic heterocycles. The van der Waals surface area contributed by atoms with E-state index in [0.717, 1.165) is 29.7 Å². The van der Waals surface area contributed by atoms with Crippen LogP contribution in [0.15, 0.2) is 11.1 Å². The molecule has 2 heterocycles. The predicted molar refractivity (Wildman–Crippen MR) is 100 cm³/mol. The van der Waals surface area contributed by atoms with Crippen LogP contribution in [0.5, 0.6) is 0 Å². The van der Waals surface area contributed by atoms with Crippen molar-refractivity contribution in [1.29, 1.82) is 0 Å². The van der Waals surface area contributed by atoms with E-state index in [1.807, 2.05) is 0 Å². The number of carboxylic acid groups (broad SMARTS) is 1. The zero-order valence-electron chi connectivity index (χ0n) is 15.5. The highest BCUT2D eigenvalue weighted by molar-refractivity contribution is 7.18. The molecule has 0 amide bonds. The van der Waals surface area contributed by atoms with E-state index < -0.39 is 11.4 Å². The molecule has 2 aromatic rings. The summed E-state index contributed by atoms with van der Waals surface area (Å²) < 4.78 is 1.46. The number of aliphatic carboxylic acids is 1. The SMILES string of the molecule is CC(C)(Cn1cnc2sc3c(c2c1=O)CCC(C(C)(C)C)C3)C(=O)O. The maximum atomic E-state index is 13.0. The van der Waals surface area contributed by atoms with Crippen molar-refractivity contribution in [3.05, 3.63) is 27.1 Å². The number of carbonyl (C=O) groups is 1. The molecule has 1 N–H and O–H groups in total. The summed E-state index contributed by atoms with van der Waals surface area (Å²) in [7, 11) is 0. The number of hydrogen-bond donors (Lipinski definition) is 1. The van der Waals surface area contributed by atoms with E-state index in [1.165, 1.54) is 15.8 Å². The number of thiophene rings is 1. The van der Waals surface area contributed by atoms with Gasteiger partial charge < -0.3 is 5.11 Å². The molecule has 1 aliphatic carbocycles. The molecule has 5 nitrogen and oxygen atoms in total. The minimum Gasteiger partial charge on any atom is -0.481 e. The van der Waals surface area contributed by atoms with Crippen molar-refractivity contribution in [3.63, 3.8) is 0 Å². The number of carboxylic acids is 1. The van der Waals surface area contributed by atoms with E-state index in [2.05, 4.69) is 25.8 Å². The van der Waals surface area contributed by atoms with Crippen molar-refractivity contribution >= 4 is 27.5 Å². The van der Waals surface area contributed by atoms with E-state index in [9.17, 15) is 14.7 Å². The molecule has 0 bridgehead atoms. The van der Waals surface area contributed by atoms with Crippen LogP contribution in [-0.4, -0.2) is 20.6 Å². The van der Waals surface area contributed by atoms with Crippen LogP contribution in [0, 0.1) is 16.7 Å².